The molecule has 4 heteroatoms. The van der Waals surface area contributed by atoms with Crippen molar-refractivity contribution < 1.29 is 0 Å². The summed E-state index contributed by atoms with van der Waals surface area (Å²) in [6, 6.07) is 0. The summed E-state index contributed by atoms with van der Waals surface area (Å²) in [6.45, 7) is 0. The van der Waals surface area contributed by atoms with Gasteiger partial charge >= 0.3 is 0 Å². The van der Waals surface area contributed by atoms with Gasteiger partial charge in [0.25, 0.3) is 0 Å². The summed E-state index contributed by atoms with van der Waals surface area (Å²) in [5, 5.41) is 3.18. The second-order valence-corrected chi connectivity index (χ2v) is 6.74. The molecule has 2 fully saturated rings. The van der Waals surface area contributed by atoms with Crippen LogP contribution in [0.5, 0.6) is 0 Å². The van der Waals surface area contributed by atoms with Crippen LogP contribution in [0.4, 0.5) is 5.82 Å². The van der Waals surface area contributed by atoms with Crippen molar-refractivity contribution in [2.24, 2.45) is 11.8 Å². The van der Waals surface area contributed by atoms with E-state index in [-0.39, 0.29) is 0 Å². The number of halogens is 1. The quantitative estimate of drug-likeness (QED) is 0.833. The lowest BCUT2D eigenvalue weighted by atomic mass is 9.64. The van der Waals surface area contributed by atoms with E-state index in [0.29, 0.717) is 5.92 Å². The van der Waals surface area contributed by atoms with Crippen LogP contribution in [0.2, 0.25) is 0 Å². The Balaban J connectivity index is 1.88. The molecule has 0 aliphatic heterocycles. The number of nitrogens with zero attached hydrogens (tertiary/aromatic N) is 2. The molecule has 1 aromatic heterocycles. The highest BCUT2D eigenvalue weighted by Crippen LogP contribution is 2.49. The van der Waals surface area contributed by atoms with Crippen molar-refractivity contribution in [2.75, 3.05) is 12.4 Å². The monoisotopic (exact) mass is 357 g/mol. The second-order valence-electron chi connectivity index (χ2n) is 5.58. The molecule has 1 aromatic rings. The van der Waals surface area contributed by atoms with E-state index in [0.717, 1.165) is 27.0 Å². The minimum absolute atomic E-state index is 0.622. The summed E-state index contributed by atoms with van der Waals surface area (Å²) in [5.41, 5.74) is 0. The van der Waals surface area contributed by atoms with Crippen LogP contribution in [0.1, 0.15) is 50.3 Å². The second kappa shape index (κ2) is 5.31. The Bertz CT molecular complexity index is 413. The molecule has 3 nitrogen and oxygen atoms in total. The Morgan fingerprint density at radius 3 is 2.28 bits per heavy atom. The van der Waals surface area contributed by atoms with Crippen LogP contribution in [0.15, 0.2) is 6.20 Å². The average molecular weight is 357 g/mol. The number of hydrogen-bond acceptors (Lipinski definition) is 3. The van der Waals surface area contributed by atoms with E-state index in [1.165, 1.54) is 38.5 Å². The molecule has 2 aliphatic rings. The standard InChI is InChI=1S/C14H20IN3/c1-16-13-11(15)8-17-14(18-13)12(9-4-2-5-9)10-6-3-7-10/h8-10,12H,2-7H2,1H3,(H,16,17,18). The maximum absolute atomic E-state index is 4.77. The Hall–Kier alpha value is -0.390. The van der Waals surface area contributed by atoms with Gasteiger partial charge in [0.15, 0.2) is 0 Å². The van der Waals surface area contributed by atoms with Gasteiger partial charge in [-0.1, -0.05) is 12.8 Å². The van der Waals surface area contributed by atoms with Gasteiger partial charge in [0, 0.05) is 19.2 Å². The highest BCUT2D eigenvalue weighted by molar-refractivity contribution is 14.1. The van der Waals surface area contributed by atoms with Crippen molar-refractivity contribution in [3.05, 3.63) is 15.6 Å². The number of anilines is 1. The third kappa shape index (κ3) is 2.24. The molecule has 98 valence electrons. The topological polar surface area (TPSA) is 37.8 Å². The van der Waals surface area contributed by atoms with Gasteiger partial charge in [0.1, 0.15) is 11.6 Å². The number of aromatic nitrogens is 2. The van der Waals surface area contributed by atoms with Gasteiger partial charge in [-0.25, -0.2) is 9.97 Å². The molecule has 0 bridgehead atoms. The lowest BCUT2D eigenvalue weighted by Gasteiger charge is -2.41. The third-order valence-corrected chi connectivity index (χ3v) is 5.40. The fourth-order valence-electron chi connectivity index (χ4n) is 3.12. The van der Waals surface area contributed by atoms with Crippen LogP contribution in [-0.4, -0.2) is 17.0 Å². The number of hydrogen-bond donors (Lipinski definition) is 1. The van der Waals surface area contributed by atoms with E-state index in [1.54, 1.807) is 0 Å². The highest BCUT2D eigenvalue weighted by atomic mass is 127. The lowest BCUT2D eigenvalue weighted by molar-refractivity contribution is 0.143. The predicted molar refractivity (Wildman–Crippen MR) is 81.7 cm³/mol. The van der Waals surface area contributed by atoms with Gasteiger partial charge in [-0.3, -0.25) is 0 Å². The summed E-state index contributed by atoms with van der Waals surface area (Å²) < 4.78 is 1.11. The van der Waals surface area contributed by atoms with E-state index in [1.807, 2.05) is 13.2 Å². The summed E-state index contributed by atoms with van der Waals surface area (Å²) in [6.07, 6.45) is 10.3. The zero-order chi connectivity index (χ0) is 12.5. The zero-order valence-electron chi connectivity index (χ0n) is 10.8. The number of nitrogens with one attached hydrogen (secondary N) is 1. The molecule has 2 saturated carbocycles. The van der Waals surface area contributed by atoms with Gasteiger partial charge in [-0.2, -0.15) is 0 Å². The molecule has 0 aromatic carbocycles. The fraction of sp³-hybridized carbons (Fsp3) is 0.714. The van der Waals surface area contributed by atoms with Crippen LogP contribution in [0, 0.1) is 15.4 Å². The first-order valence-corrected chi connectivity index (χ1v) is 8.07. The summed E-state index contributed by atoms with van der Waals surface area (Å²) >= 11 is 2.29. The molecule has 3 rings (SSSR count). The Morgan fingerprint density at radius 1 is 1.22 bits per heavy atom. The first-order chi connectivity index (χ1) is 8.79. The molecule has 0 radical (unpaired) electrons. The summed E-state index contributed by atoms with van der Waals surface area (Å²) in [5.74, 6) is 4.40. The first-order valence-electron chi connectivity index (χ1n) is 7.00. The van der Waals surface area contributed by atoms with E-state index >= 15 is 0 Å². The summed E-state index contributed by atoms with van der Waals surface area (Å²) in [4.78, 5) is 9.40. The fourth-order valence-corrected chi connectivity index (χ4v) is 3.65. The molecular formula is C14H20IN3. The van der Waals surface area contributed by atoms with Gasteiger partial charge in [0.05, 0.1) is 3.57 Å². The zero-order valence-corrected chi connectivity index (χ0v) is 13.0. The molecule has 1 heterocycles. The van der Waals surface area contributed by atoms with Crippen molar-refractivity contribution in [1.29, 1.82) is 0 Å². The Labute approximate surface area is 122 Å². The molecular weight excluding hydrogens is 337 g/mol. The van der Waals surface area contributed by atoms with Crippen LogP contribution in [0.3, 0.4) is 0 Å². The molecule has 2 aliphatic carbocycles. The Kier molecular flexibility index (Phi) is 3.73. The van der Waals surface area contributed by atoms with Crippen LogP contribution >= 0.6 is 22.6 Å². The van der Waals surface area contributed by atoms with Crippen molar-refractivity contribution in [3.63, 3.8) is 0 Å². The average Bonchev–Trinajstić information content (AvgIpc) is 2.24. The van der Waals surface area contributed by atoms with Crippen LogP contribution in [0.25, 0.3) is 0 Å². The molecule has 0 atom stereocenters. The Morgan fingerprint density at radius 2 is 1.83 bits per heavy atom. The molecule has 0 amide bonds. The first kappa shape index (κ1) is 12.6. The van der Waals surface area contributed by atoms with Crippen molar-refractivity contribution in [3.8, 4) is 0 Å². The van der Waals surface area contributed by atoms with Crippen molar-refractivity contribution in [1.82, 2.24) is 9.97 Å². The third-order valence-electron chi connectivity index (χ3n) is 4.61. The van der Waals surface area contributed by atoms with E-state index in [2.05, 4.69) is 32.9 Å². The maximum atomic E-state index is 4.77. The van der Waals surface area contributed by atoms with Gasteiger partial charge in [-0.05, 0) is 60.1 Å². The minimum Gasteiger partial charge on any atom is -0.372 e. The van der Waals surface area contributed by atoms with Crippen LogP contribution < -0.4 is 5.32 Å². The maximum Gasteiger partial charge on any atom is 0.142 e. The molecule has 1 N–H and O–H groups in total. The molecule has 0 spiro atoms. The number of rotatable bonds is 4. The van der Waals surface area contributed by atoms with Crippen molar-refractivity contribution in [2.45, 2.75) is 44.4 Å². The van der Waals surface area contributed by atoms with E-state index in [4.69, 9.17) is 4.98 Å². The van der Waals surface area contributed by atoms with Gasteiger partial charge < -0.3 is 5.32 Å². The molecule has 0 unspecified atom stereocenters. The van der Waals surface area contributed by atoms with Crippen molar-refractivity contribution >= 4 is 28.4 Å². The smallest absolute Gasteiger partial charge is 0.142 e. The SMILES string of the molecule is CNc1nc(C(C2CCC2)C2CCC2)ncc1I. The minimum atomic E-state index is 0.622. The van der Waals surface area contributed by atoms with Gasteiger partial charge in [-0.15, -0.1) is 0 Å². The van der Waals surface area contributed by atoms with E-state index < -0.39 is 0 Å². The highest BCUT2D eigenvalue weighted by Gasteiger charge is 2.38. The largest absolute Gasteiger partial charge is 0.372 e. The lowest BCUT2D eigenvalue weighted by Crippen LogP contribution is -2.32. The van der Waals surface area contributed by atoms with E-state index in [9.17, 15) is 0 Å². The van der Waals surface area contributed by atoms with Gasteiger partial charge in [0.2, 0.25) is 0 Å². The normalized spacial score (nSPS) is 20.6. The summed E-state index contributed by atoms with van der Waals surface area (Å²) in [7, 11) is 1.94. The molecule has 18 heavy (non-hydrogen) atoms. The van der Waals surface area contributed by atoms with Crippen LogP contribution in [-0.2, 0) is 0 Å². The molecule has 0 saturated heterocycles. The predicted octanol–water partition coefficient (Wildman–Crippen LogP) is 3.81.